The Morgan fingerprint density at radius 1 is 1.00 bits per heavy atom. The van der Waals surface area contributed by atoms with Gasteiger partial charge in [-0.05, 0) is 56.0 Å². The fourth-order valence-corrected chi connectivity index (χ4v) is 4.29. The first-order valence-electron chi connectivity index (χ1n) is 10.5. The fourth-order valence-electron chi connectivity index (χ4n) is 4.29. The van der Waals surface area contributed by atoms with Crippen molar-refractivity contribution in [2.45, 2.75) is 38.3 Å². The molecule has 1 saturated heterocycles. The van der Waals surface area contributed by atoms with E-state index in [0.29, 0.717) is 6.10 Å². The van der Waals surface area contributed by atoms with E-state index in [1.165, 1.54) is 18.5 Å². The number of hydrogen-bond donors (Lipinski definition) is 0. The van der Waals surface area contributed by atoms with Crippen molar-refractivity contribution in [3.63, 3.8) is 0 Å². The Balaban J connectivity index is 1.29. The number of rotatable bonds is 5. The molecule has 1 aliphatic carbocycles. The summed E-state index contributed by atoms with van der Waals surface area (Å²) >= 11 is 0. The van der Waals surface area contributed by atoms with Gasteiger partial charge in [0.25, 0.3) is 0 Å². The Morgan fingerprint density at radius 2 is 1.86 bits per heavy atom. The highest BCUT2D eigenvalue weighted by Crippen LogP contribution is 2.30. The Hall–Kier alpha value is -2.80. The second kappa shape index (κ2) is 8.29. The lowest BCUT2D eigenvalue weighted by Gasteiger charge is -2.36. The molecule has 5 rings (SSSR count). The summed E-state index contributed by atoms with van der Waals surface area (Å²) in [6.45, 7) is 4.83. The SMILES string of the molecule is c1cnnc(CN2CCN(c3ccc4ncnc(OC5CCCC5)c4c3)CC2)c1. The van der Waals surface area contributed by atoms with Crippen LogP contribution < -0.4 is 9.64 Å². The number of hydrogen-bond acceptors (Lipinski definition) is 7. The van der Waals surface area contributed by atoms with Gasteiger partial charge in [-0.25, -0.2) is 9.97 Å². The van der Waals surface area contributed by atoms with Crippen molar-refractivity contribution in [1.29, 1.82) is 0 Å². The van der Waals surface area contributed by atoms with Crippen LogP contribution >= 0.6 is 0 Å². The highest BCUT2D eigenvalue weighted by Gasteiger charge is 2.21. The number of aromatic nitrogens is 4. The van der Waals surface area contributed by atoms with Crippen molar-refractivity contribution in [2.24, 2.45) is 0 Å². The molecule has 2 aromatic heterocycles. The summed E-state index contributed by atoms with van der Waals surface area (Å²) in [4.78, 5) is 13.7. The average Bonchev–Trinajstić information content (AvgIpc) is 3.28. The first kappa shape index (κ1) is 18.2. The maximum absolute atomic E-state index is 6.22. The first-order valence-corrected chi connectivity index (χ1v) is 10.5. The van der Waals surface area contributed by atoms with Gasteiger partial charge < -0.3 is 9.64 Å². The molecule has 3 aromatic rings. The highest BCUT2D eigenvalue weighted by molar-refractivity contribution is 5.86. The lowest BCUT2D eigenvalue weighted by Crippen LogP contribution is -2.46. The van der Waals surface area contributed by atoms with Gasteiger partial charge in [0.05, 0.1) is 16.6 Å². The molecule has 7 heteroatoms. The van der Waals surface area contributed by atoms with Crippen molar-refractivity contribution in [1.82, 2.24) is 25.1 Å². The number of ether oxygens (including phenoxy) is 1. The van der Waals surface area contributed by atoms with Crippen LogP contribution in [0.15, 0.2) is 42.9 Å². The van der Waals surface area contributed by atoms with E-state index in [9.17, 15) is 0 Å². The molecule has 29 heavy (non-hydrogen) atoms. The maximum atomic E-state index is 6.22. The molecule has 2 fully saturated rings. The zero-order valence-corrected chi connectivity index (χ0v) is 16.6. The number of piperazine rings is 1. The van der Waals surface area contributed by atoms with Gasteiger partial charge in [-0.1, -0.05) is 0 Å². The average molecular weight is 390 g/mol. The number of benzene rings is 1. The van der Waals surface area contributed by atoms with Crippen LogP contribution in [-0.4, -0.2) is 57.3 Å². The van der Waals surface area contributed by atoms with Crippen LogP contribution in [0.2, 0.25) is 0 Å². The van der Waals surface area contributed by atoms with Crippen LogP contribution in [0.25, 0.3) is 10.9 Å². The minimum absolute atomic E-state index is 0.293. The molecule has 1 aliphatic heterocycles. The van der Waals surface area contributed by atoms with E-state index >= 15 is 0 Å². The second-order valence-electron chi connectivity index (χ2n) is 7.88. The van der Waals surface area contributed by atoms with Crippen molar-refractivity contribution in [3.05, 3.63) is 48.5 Å². The van der Waals surface area contributed by atoms with Crippen molar-refractivity contribution in [2.75, 3.05) is 31.1 Å². The largest absolute Gasteiger partial charge is 0.474 e. The van der Waals surface area contributed by atoms with Gasteiger partial charge in [0.1, 0.15) is 12.4 Å². The fraction of sp³-hybridized carbons (Fsp3) is 0.455. The summed E-state index contributed by atoms with van der Waals surface area (Å²) in [7, 11) is 0. The van der Waals surface area contributed by atoms with E-state index in [2.05, 4.69) is 48.2 Å². The topological polar surface area (TPSA) is 67.3 Å². The normalized spacial score (nSPS) is 18.4. The molecular weight excluding hydrogens is 364 g/mol. The van der Waals surface area contributed by atoms with E-state index in [1.807, 2.05) is 12.1 Å². The minimum atomic E-state index is 0.293. The summed E-state index contributed by atoms with van der Waals surface area (Å²) in [5, 5.41) is 9.19. The molecule has 150 valence electrons. The summed E-state index contributed by atoms with van der Waals surface area (Å²) in [5.74, 6) is 0.727. The molecule has 0 N–H and O–H groups in total. The molecule has 0 unspecified atom stereocenters. The third kappa shape index (κ3) is 4.15. The van der Waals surface area contributed by atoms with Crippen LogP contribution in [0.5, 0.6) is 5.88 Å². The molecule has 0 amide bonds. The summed E-state index contributed by atoms with van der Waals surface area (Å²) < 4.78 is 6.22. The maximum Gasteiger partial charge on any atom is 0.224 e. The highest BCUT2D eigenvalue weighted by atomic mass is 16.5. The summed E-state index contributed by atoms with van der Waals surface area (Å²) in [6, 6.07) is 10.4. The smallest absolute Gasteiger partial charge is 0.224 e. The Bertz CT molecular complexity index is 952. The molecule has 0 radical (unpaired) electrons. The Labute approximate surface area is 170 Å². The monoisotopic (exact) mass is 390 g/mol. The van der Waals surface area contributed by atoms with Gasteiger partial charge >= 0.3 is 0 Å². The van der Waals surface area contributed by atoms with E-state index in [4.69, 9.17) is 4.74 Å². The predicted octanol–water partition coefficient (Wildman–Crippen LogP) is 3.06. The Morgan fingerprint density at radius 3 is 2.66 bits per heavy atom. The van der Waals surface area contributed by atoms with E-state index in [0.717, 1.165) is 68.0 Å². The van der Waals surface area contributed by atoms with Crippen molar-refractivity contribution >= 4 is 16.6 Å². The van der Waals surface area contributed by atoms with Crippen molar-refractivity contribution < 1.29 is 4.74 Å². The summed E-state index contributed by atoms with van der Waals surface area (Å²) in [6.07, 6.45) is 8.36. The number of nitrogens with zero attached hydrogens (tertiary/aromatic N) is 6. The van der Waals surface area contributed by atoms with Crippen LogP contribution in [-0.2, 0) is 6.54 Å². The van der Waals surface area contributed by atoms with Crippen LogP contribution in [0.3, 0.4) is 0 Å². The van der Waals surface area contributed by atoms with Gasteiger partial charge in [0.2, 0.25) is 5.88 Å². The van der Waals surface area contributed by atoms with E-state index < -0.39 is 0 Å². The quantitative estimate of drug-likeness (QED) is 0.663. The zero-order chi connectivity index (χ0) is 19.5. The lowest BCUT2D eigenvalue weighted by molar-refractivity contribution is 0.204. The number of fused-ring (bicyclic) bond motifs is 1. The number of anilines is 1. The third-order valence-electron chi connectivity index (χ3n) is 5.91. The first-order chi connectivity index (χ1) is 14.3. The molecule has 1 aromatic carbocycles. The summed E-state index contributed by atoms with van der Waals surface area (Å²) in [5.41, 5.74) is 3.18. The standard InChI is InChI=1S/C22H26N6O/c1-2-6-19(5-1)29-22-20-14-18(7-8-21(20)23-16-24-22)28-12-10-27(11-13-28)15-17-4-3-9-25-26-17/h3-4,7-9,14,16,19H,1-2,5-6,10-13,15H2. The van der Waals surface area contributed by atoms with Crippen LogP contribution in [0.1, 0.15) is 31.4 Å². The van der Waals surface area contributed by atoms with Crippen molar-refractivity contribution in [3.8, 4) is 5.88 Å². The molecule has 3 heterocycles. The minimum Gasteiger partial charge on any atom is -0.474 e. The molecule has 0 spiro atoms. The second-order valence-corrected chi connectivity index (χ2v) is 7.88. The van der Waals surface area contributed by atoms with Gasteiger partial charge in [-0.15, -0.1) is 0 Å². The van der Waals surface area contributed by atoms with Crippen LogP contribution in [0.4, 0.5) is 5.69 Å². The molecule has 1 saturated carbocycles. The zero-order valence-electron chi connectivity index (χ0n) is 16.6. The molecule has 0 bridgehead atoms. The lowest BCUT2D eigenvalue weighted by atomic mass is 10.1. The van der Waals surface area contributed by atoms with Gasteiger partial charge in [-0.3, -0.25) is 4.90 Å². The van der Waals surface area contributed by atoms with E-state index in [-0.39, 0.29) is 0 Å². The molecule has 7 nitrogen and oxygen atoms in total. The molecule has 2 aliphatic rings. The molecule has 0 atom stereocenters. The predicted molar refractivity (Wildman–Crippen MR) is 112 cm³/mol. The van der Waals surface area contributed by atoms with Crippen LogP contribution in [0, 0.1) is 0 Å². The van der Waals surface area contributed by atoms with Gasteiger partial charge in [0, 0.05) is 44.6 Å². The van der Waals surface area contributed by atoms with E-state index in [1.54, 1.807) is 12.5 Å². The molecular formula is C22H26N6O. The van der Waals surface area contributed by atoms with Gasteiger partial charge in [0.15, 0.2) is 0 Å². The third-order valence-corrected chi connectivity index (χ3v) is 5.91. The Kier molecular flexibility index (Phi) is 5.21. The van der Waals surface area contributed by atoms with Gasteiger partial charge in [-0.2, -0.15) is 10.2 Å².